The van der Waals surface area contributed by atoms with E-state index >= 15 is 0 Å². The minimum Gasteiger partial charge on any atom is -0.753 e. The molecule has 67 heavy (non-hydrogen) atoms. The van der Waals surface area contributed by atoms with Crippen molar-refractivity contribution in [2.45, 2.75) is 87.5 Å². The van der Waals surface area contributed by atoms with Gasteiger partial charge in [0.15, 0.2) is 0 Å². The third-order valence-corrected chi connectivity index (χ3v) is 17.2. The van der Waals surface area contributed by atoms with Gasteiger partial charge in [-0.3, -0.25) is 19.9 Å². The molecule has 0 aromatic carbocycles. The van der Waals surface area contributed by atoms with Crippen LogP contribution in [-0.2, 0) is 19.5 Å². The minimum absolute atomic E-state index is 0. The number of pyridine rings is 4. The molecule has 8 aromatic heterocycles. The maximum Gasteiger partial charge on any atom is 2.00 e. The molecule has 0 radical (unpaired) electrons. The molecule has 0 aliphatic carbocycles. The van der Waals surface area contributed by atoms with Crippen molar-refractivity contribution in [2.75, 3.05) is 11.5 Å². The van der Waals surface area contributed by atoms with Gasteiger partial charge >= 0.3 is 19.5 Å². The van der Waals surface area contributed by atoms with Crippen molar-refractivity contribution in [2.24, 2.45) is 0 Å². The standard InChI is InChI=1S/C38H40N2S6.C12H12N2.2CNS.Ru/c1-3-5-7-9-23-41-37-17-15-35(45-37)33-13-11-31(43-33)27-19-21-39-29(25-27)30-26-28(20-22-40-30)32-12-14-34(44-32)36-16-18-38(46-36)42-24-10-8-6-4-2;1-9-3-5-13-11(7-9)12-8-10(2)4-6-14-12;2*2-1-3;/h11-22,25-26H,3-10,23-24H2,1-2H3;3-8H,1-2H3;;;/q;;2*-1;+2. The van der Waals surface area contributed by atoms with Crippen molar-refractivity contribution >= 4 is 104 Å². The molecule has 0 atom stereocenters. The van der Waals surface area contributed by atoms with E-state index in [0.29, 0.717) is 0 Å². The van der Waals surface area contributed by atoms with Gasteiger partial charge in [0.2, 0.25) is 0 Å². The van der Waals surface area contributed by atoms with Crippen molar-refractivity contribution < 1.29 is 19.5 Å². The number of thiocarbonyl (C=S) groups is 2. The first kappa shape index (κ1) is 55.9. The number of rotatable bonds is 18. The molecule has 15 heteroatoms. The zero-order chi connectivity index (χ0) is 46.9. The second kappa shape index (κ2) is 31.5. The largest absolute Gasteiger partial charge is 2.00 e. The van der Waals surface area contributed by atoms with Gasteiger partial charge in [-0.25, -0.2) is 0 Å². The number of aromatic nitrogens is 4. The average molecular weight is 1120 g/mol. The van der Waals surface area contributed by atoms with E-state index in [1.165, 1.54) is 133 Å². The Bertz CT molecular complexity index is 2570. The van der Waals surface area contributed by atoms with E-state index in [0.717, 1.165) is 22.8 Å². The first-order chi connectivity index (χ1) is 32.3. The van der Waals surface area contributed by atoms with Gasteiger partial charge in [-0.2, -0.15) is 10.3 Å². The summed E-state index contributed by atoms with van der Waals surface area (Å²) in [7, 11) is 0. The summed E-state index contributed by atoms with van der Waals surface area (Å²) in [5.74, 6) is 2.43. The molecule has 0 bridgehead atoms. The van der Waals surface area contributed by atoms with Crippen LogP contribution in [0.1, 0.15) is 76.3 Å². The molecule has 8 heterocycles. The summed E-state index contributed by atoms with van der Waals surface area (Å²) >= 11 is 18.9. The van der Waals surface area contributed by atoms with E-state index in [1.807, 2.05) is 118 Å². The fourth-order valence-corrected chi connectivity index (χ4v) is 13.1. The topological polar surface area (TPSA) is 96.2 Å². The van der Waals surface area contributed by atoms with Crippen molar-refractivity contribution in [3.8, 4) is 63.2 Å². The summed E-state index contributed by atoms with van der Waals surface area (Å²) < 4.78 is 2.84. The molecule has 346 valence electrons. The van der Waals surface area contributed by atoms with Gasteiger partial charge in [0.05, 0.1) is 31.2 Å². The average Bonchev–Trinajstić information content (AvgIpc) is 4.18. The molecule has 0 unspecified atom stereocenters. The molecule has 0 amide bonds. The first-order valence-corrected chi connectivity index (χ1v) is 27.8. The van der Waals surface area contributed by atoms with Crippen LogP contribution < -0.4 is 0 Å². The molecule has 0 spiro atoms. The van der Waals surface area contributed by atoms with Gasteiger partial charge in [-0.05, 0) is 158 Å². The number of unbranched alkanes of at least 4 members (excludes halogenated alkanes) is 6. The zero-order valence-electron chi connectivity index (χ0n) is 37.9. The summed E-state index contributed by atoms with van der Waals surface area (Å²) in [4.78, 5) is 25.9. The van der Waals surface area contributed by atoms with Crippen LogP contribution >= 0.6 is 93.3 Å². The smallest absolute Gasteiger partial charge is 0.753 e. The van der Waals surface area contributed by atoms with Gasteiger partial charge < -0.3 is 10.8 Å². The Hall–Kier alpha value is -3.68. The number of isothiocyanates is 2. The molecule has 0 N–H and O–H groups in total. The second-order valence-corrected chi connectivity index (χ2v) is 22.4. The van der Waals surface area contributed by atoms with Crippen LogP contribution in [0, 0.1) is 13.8 Å². The molecule has 0 saturated carbocycles. The Kier molecular flexibility index (Phi) is 26.2. The normalized spacial score (nSPS) is 10.2. The maximum absolute atomic E-state index is 7.13. The summed E-state index contributed by atoms with van der Waals surface area (Å²) in [6, 6.07) is 34.8. The molecule has 6 nitrogen and oxygen atoms in total. The van der Waals surface area contributed by atoms with Crippen LogP contribution in [0.3, 0.4) is 0 Å². The van der Waals surface area contributed by atoms with E-state index < -0.39 is 0 Å². The van der Waals surface area contributed by atoms with E-state index in [2.05, 4.69) is 135 Å². The predicted molar refractivity (Wildman–Crippen MR) is 299 cm³/mol. The van der Waals surface area contributed by atoms with Crippen LogP contribution in [0.5, 0.6) is 0 Å². The SMILES string of the molecule is CCCCCCSc1ccc(-c2ccc(-c3ccnc(-c4cc(-c5ccc(-c6ccc(SCCCCCC)s6)s5)ccn4)c3)s2)s1.Cc1ccnc(-c2cc(C)ccn2)c1.[N-]=C=S.[N-]=C=S.[Ru+2]. The van der Waals surface area contributed by atoms with Crippen molar-refractivity contribution in [1.29, 1.82) is 0 Å². The molecular weight excluding hydrogens is 1070 g/mol. The van der Waals surface area contributed by atoms with E-state index in [-0.39, 0.29) is 19.5 Å². The molecule has 8 aromatic rings. The third kappa shape index (κ3) is 18.6. The molecule has 0 fully saturated rings. The Balaban J connectivity index is 0.000000388. The fraction of sp³-hybridized carbons (Fsp3) is 0.269. The quantitative estimate of drug-likeness (QED) is 0.0276. The zero-order valence-corrected chi connectivity index (χ0v) is 46.2. The van der Waals surface area contributed by atoms with E-state index in [4.69, 9.17) is 20.8 Å². The van der Waals surface area contributed by atoms with E-state index in [9.17, 15) is 0 Å². The van der Waals surface area contributed by atoms with Crippen LogP contribution in [0.2, 0.25) is 0 Å². The van der Waals surface area contributed by atoms with Crippen LogP contribution in [0.15, 0.2) is 130 Å². The fourth-order valence-electron chi connectivity index (χ4n) is 6.51. The molecule has 0 saturated heterocycles. The number of hydrogen-bond acceptors (Lipinski definition) is 12. The molecule has 8 rings (SSSR count). The van der Waals surface area contributed by atoms with Gasteiger partial charge in [0.1, 0.15) is 0 Å². The summed E-state index contributed by atoms with van der Waals surface area (Å²) in [6.07, 6.45) is 18.0. The predicted octanol–water partition coefficient (Wildman–Crippen LogP) is 18.5. The van der Waals surface area contributed by atoms with Crippen LogP contribution in [0.25, 0.3) is 74.0 Å². The Morgan fingerprint density at radius 1 is 0.448 bits per heavy atom. The van der Waals surface area contributed by atoms with Gasteiger partial charge in [-0.15, -0.1) is 68.9 Å². The first-order valence-electron chi connectivity index (χ1n) is 21.8. The number of thioether (sulfide) groups is 2. The maximum atomic E-state index is 7.13. The Morgan fingerprint density at radius 2 is 0.776 bits per heavy atom. The second-order valence-electron chi connectivity index (χ2n) is 14.9. The molecular formula is C52H52N6RuS8. The van der Waals surface area contributed by atoms with Gasteiger partial charge in [0, 0.05) is 54.1 Å². The number of thiophene rings is 4. The van der Waals surface area contributed by atoms with E-state index in [1.54, 1.807) is 0 Å². The van der Waals surface area contributed by atoms with Crippen LogP contribution in [-0.4, -0.2) is 41.8 Å². The van der Waals surface area contributed by atoms with Crippen molar-refractivity contribution in [3.05, 3.63) is 144 Å². The Morgan fingerprint density at radius 3 is 1.15 bits per heavy atom. The third-order valence-electron chi connectivity index (χ3n) is 9.79. The van der Waals surface area contributed by atoms with Gasteiger partial charge in [0.25, 0.3) is 0 Å². The van der Waals surface area contributed by atoms with Crippen molar-refractivity contribution in [1.82, 2.24) is 19.9 Å². The summed E-state index contributed by atoms with van der Waals surface area (Å²) in [6.45, 7) is 8.65. The number of aryl methyl sites for hydroxylation is 2. The summed E-state index contributed by atoms with van der Waals surface area (Å²) in [5, 5.41) is 16.9. The monoisotopic (exact) mass is 1120 g/mol. The molecule has 0 aliphatic heterocycles. The minimum atomic E-state index is 0. The number of nitrogens with zero attached hydrogens (tertiary/aromatic N) is 6. The Labute approximate surface area is 444 Å². The summed E-state index contributed by atoms with van der Waals surface area (Å²) in [5.41, 5.74) is 8.47. The molecule has 0 aliphatic rings. The van der Waals surface area contributed by atoms with Crippen molar-refractivity contribution in [3.63, 3.8) is 0 Å². The van der Waals surface area contributed by atoms with Crippen LogP contribution in [0.4, 0.5) is 0 Å². The number of hydrogen-bond donors (Lipinski definition) is 0. The van der Waals surface area contributed by atoms with Gasteiger partial charge in [-0.1, -0.05) is 76.8 Å².